The van der Waals surface area contributed by atoms with Gasteiger partial charge in [0.1, 0.15) is 24.7 Å². The van der Waals surface area contributed by atoms with Crippen LogP contribution in [0, 0.1) is 0 Å². The van der Waals surface area contributed by atoms with Crippen LogP contribution in [0.3, 0.4) is 0 Å². The van der Waals surface area contributed by atoms with Gasteiger partial charge >= 0.3 is 0 Å². The Labute approximate surface area is 162 Å². The standard InChI is InChI=1S/C21H20N2O3S/c24-21(16-27-18-10-12-22-13-11-18)23-19-8-4-5-9-20(19)26-15-14-25-17-6-2-1-3-7-17/h1-13H,14-16H2,(H,23,24). The minimum absolute atomic E-state index is 0.0894. The molecule has 0 radical (unpaired) electrons. The van der Waals surface area contributed by atoms with Crippen molar-refractivity contribution in [3.63, 3.8) is 0 Å². The Balaban J connectivity index is 1.47. The molecule has 0 saturated carbocycles. The molecule has 0 spiro atoms. The molecule has 2 aromatic carbocycles. The number of carbonyl (C=O) groups is 1. The highest BCUT2D eigenvalue weighted by molar-refractivity contribution is 8.00. The zero-order valence-electron chi connectivity index (χ0n) is 14.7. The number of aromatic nitrogens is 1. The van der Waals surface area contributed by atoms with E-state index in [2.05, 4.69) is 10.3 Å². The number of rotatable bonds is 9. The van der Waals surface area contributed by atoms with E-state index in [1.807, 2.05) is 66.7 Å². The van der Waals surface area contributed by atoms with Crippen LogP contribution in [0.15, 0.2) is 84.0 Å². The highest BCUT2D eigenvalue weighted by Gasteiger charge is 2.08. The smallest absolute Gasteiger partial charge is 0.234 e. The molecule has 0 aliphatic rings. The van der Waals surface area contributed by atoms with Gasteiger partial charge in [0.2, 0.25) is 5.91 Å². The van der Waals surface area contributed by atoms with Crippen molar-refractivity contribution >= 4 is 23.4 Å². The predicted molar refractivity (Wildman–Crippen MR) is 107 cm³/mol. The minimum atomic E-state index is -0.0894. The van der Waals surface area contributed by atoms with E-state index in [4.69, 9.17) is 9.47 Å². The van der Waals surface area contributed by atoms with E-state index < -0.39 is 0 Å². The van der Waals surface area contributed by atoms with Gasteiger partial charge in [-0.3, -0.25) is 9.78 Å². The fourth-order valence-electron chi connectivity index (χ4n) is 2.29. The van der Waals surface area contributed by atoms with Crippen molar-refractivity contribution in [3.8, 4) is 11.5 Å². The lowest BCUT2D eigenvalue weighted by Gasteiger charge is -2.13. The summed E-state index contributed by atoms with van der Waals surface area (Å²) in [6.45, 7) is 0.803. The van der Waals surface area contributed by atoms with E-state index in [0.717, 1.165) is 10.6 Å². The second kappa shape index (κ2) is 10.2. The zero-order valence-corrected chi connectivity index (χ0v) is 15.5. The summed E-state index contributed by atoms with van der Waals surface area (Å²) in [6, 6.07) is 20.7. The number of thioether (sulfide) groups is 1. The van der Waals surface area contributed by atoms with Gasteiger partial charge < -0.3 is 14.8 Å². The summed E-state index contributed by atoms with van der Waals surface area (Å²) in [6.07, 6.45) is 3.42. The first kappa shape index (κ1) is 18.8. The summed E-state index contributed by atoms with van der Waals surface area (Å²) < 4.78 is 11.4. The van der Waals surface area contributed by atoms with Gasteiger partial charge in [-0.15, -0.1) is 11.8 Å². The maximum absolute atomic E-state index is 12.2. The highest BCUT2D eigenvalue weighted by atomic mass is 32.2. The number of pyridine rings is 1. The summed E-state index contributed by atoms with van der Waals surface area (Å²) in [5.74, 6) is 1.65. The van der Waals surface area contributed by atoms with E-state index in [0.29, 0.717) is 30.4 Å². The molecular formula is C21H20N2O3S. The number of carbonyl (C=O) groups excluding carboxylic acids is 1. The molecule has 1 heterocycles. The number of nitrogens with zero attached hydrogens (tertiary/aromatic N) is 1. The first-order valence-electron chi connectivity index (χ1n) is 8.53. The lowest BCUT2D eigenvalue weighted by molar-refractivity contribution is -0.113. The highest BCUT2D eigenvalue weighted by Crippen LogP contribution is 2.24. The molecule has 0 unspecified atom stereocenters. The molecule has 138 valence electrons. The molecule has 1 aromatic heterocycles. The molecule has 27 heavy (non-hydrogen) atoms. The Morgan fingerprint density at radius 2 is 1.59 bits per heavy atom. The first-order chi connectivity index (χ1) is 13.3. The van der Waals surface area contributed by atoms with Gasteiger partial charge in [0.25, 0.3) is 0 Å². The predicted octanol–water partition coefficient (Wildman–Crippen LogP) is 4.27. The van der Waals surface area contributed by atoms with Gasteiger partial charge in [0, 0.05) is 17.3 Å². The van der Waals surface area contributed by atoms with Crippen LogP contribution in [0.4, 0.5) is 5.69 Å². The van der Waals surface area contributed by atoms with Crippen molar-refractivity contribution in [2.24, 2.45) is 0 Å². The monoisotopic (exact) mass is 380 g/mol. The molecule has 0 aliphatic carbocycles. The summed E-state index contributed by atoms with van der Waals surface area (Å²) in [4.78, 5) is 17.2. The fraction of sp³-hybridized carbons (Fsp3) is 0.143. The van der Waals surface area contributed by atoms with Crippen molar-refractivity contribution in [2.75, 3.05) is 24.3 Å². The van der Waals surface area contributed by atoms with E-state index in [1.165, 1.54) is 11.8 Å². The number of amides is 1. The Hall–Kier alpha value is -2.99. The largest absolute Gasteiger partial charge is 0.490 e. The molecule has 1 amide bonds. The molecule has 0 saturated heterocycles. The van der Waals surface area contributed by atoms with Gasteiger partial charge in [0.15, 0.2) is 0 Å². The average Bonchev–Trinajstić information content (AvgIpc) is 2.72. The number of ether oxygens (including phenoxy) is 2. The zero-order chi connectivity index (χ0) is 18.7. The lowest BCUT2D eigenvalue weighted by atomic mass is 10.3. The van der Waals surface area contributed by atoms with Crippen molar-refractivity contribution in [2.45, 2.75) is 4.90 Å². The van der Waals surface area contributed by atoms with Gasteiger partial charge in [-0.1, -0.05) is 30.3 Å². The van der Waals surface area contributed by atoms with Crippen LogP contribution in [0.2, 0.25) is 0 Å². The van der Waals surface area contributed by atoms with Crippen LogP contribution < -0.4 is 14.8 Å². The molecule has 1 N–H and O–H groups in total. The van der Waals surface area contributed by atoms with Crippen LogP contribution in [0.5, 0.6) is 11.5 Å². The Kier molecular flexibility index (Phi) is 7.12. The third kappa shape index (κ3) is 6.34. The number of anilines is 1. The Bertz CT molecular complexity index is 844. The molecule has 3 aromatic rings. The van der Waals surface area contributed by atoms with Gasteiger partial charge in [-0.05, 0) is 36.4 Å². The van der Waals surface area contributed by atoms with Gasteiger partial charge in [-0.2, -0.15) is 0 Å². The van der Waals surface area contributed by atoms with Crippen molar-refractivity contribution < 1.29 is 14.3 Å². The van der Waals surface area contributed by atoms with E-state index in [-0.39, 0.29) is 5.91 Å². The van der Waals surface area contributed by atoms with Gasteiger partial charge in [-0.25, -0.2) is 0 Å². The summed E-state index contributed by atoms with van der Waals surface area (Å²) in [5, 5.41) is 2.90. The molecule has 0 fully saturated rings. The van der Waals surface area contributed by atoms with Crippen LogP contribution in [0.1, 0.15) is 0 Å². The van der Waals surface area contributed by atoms with Gasteiger partial charge in [0.05, 0.1) is 11.4 Å². The number of hydrogen-bond acceptors (Lipinski definition) is 5. The summed E-state index contributed by atoms with van der Waals surface area (Å²) in [7, 11) is 0. The lowest BCUT2D eigenvalue weighted by Crippen LogP contribution is -2.16. The number of para-hydroxylation sites is 3. The second-order valence-corrected chi connectivity index (χ2v) is 6.57. The number of benzene rings is 2. The fourth-order valence-corrected chi connectivity index (χ4v) is 2.98. The number of hydrogen-bond donors (Lipinski definition) is 1. The third-order valence-electron chi connectivity index (χ3n) is 3.53. The topological polar surface area (TPSA) is 60.5 Å². The molecule has 3 rings (SSSR count). The van der Waals surface area contributed by atoms with E-state index >= 15 is 0 Å². The Morgan fingerprint density at radius 3 is 2.41 bits per heavy atom. The molecule has 0 bridgehead atoms. The molecule has 6 heteroatoms. The quantitative estimate of drug-likeness (QED) is 0.444. The maximum Gasteiger partial charge on any atom is 0.234 e. The van der Waals surface area contributed by atoms with E-state index in [9.17, 15) is 4.79 Å². The average molecular weight is 380 g/mol. The van der Waals surface area contributed by atoms with Crippen LogP contribution >= 0.6 is 11.8 Å². The van der Waals surface area contributed by atoms with Crippen molar-refractivity contribution in [1.29, 1.82) is 0 Å². The molecular weight excluding hydrogens is 360 g/mol. The SMILES string of the molecule is O=C(CSc1ccncc1)Nc1ccccc1OCCOc1ccccc1. The molecule has 5 nitrogen and oxygen atoms in total. The van der Waals surface area contributed by atoms with E-state index in [1.54, 1.807) is 12.4 Å². The normalized spacial score (nSPS) is 10.2. The first-order valence-corrected chi connectivity index (χ1v) is 9.52. The maximum atomic E-state index is 12.2. The van der Waals surface area contributed by atoms with Crippen LogP contribution in [0.25, 0.3) is 0 Å². The van der Waals surface area contributed by atoms with Crippen LogP contribution in [-0.2, 0) is 4.79 Å². The summed E-state index contributed by atoms with van der Waals surface area (Å²) >= 11 is 1.46. The molecule has 0 aliphatic heterocycles. The van der Waals surface area contributed by atoms with Crippen molar-refractivity contribution in [3.05, 3.63) is 79.1 Å². The Morgan fingerprint density at radius 1 is 0.889 bits per heavy atom. The van der Waals surface area contributed by atoms with Crippen molar-refractivity contribution in [1.82, 2.24) is 4.98 Å². The second-order valence-electron chi connectivity index (χ2n) is 5.53. The molecule has 0 atom stereocenters. The summed E-state index contributed by atoms with van der Waals surface area (Å²) in [5.41, 5.74) is 0.650. The minimum Gasteiger partial charge on any atom is -0.490 e. The van der Waals surface area contributed by atoms with Crippen LogP contribution in [-0.4, -0.2) is 29.9 Å². The third-order valence-corrected chi connectivity index (χ3v) is 4.55. The number of nitrogens with one attached hydrogen (secondary N) is 1.